The average molecular weight is 325 g/mol. The lowest BCUT2D eigenvalue weighted by molar-refractivity contribution is -0.120. The van der Waals surface area contributed by atoms with E-state index in [9.17, 15) is 18.0 Å². The largest absolute Gasteiger partial charge is 0.355 e. The van der Waals surface area contributed by atoms with Crippen molar-refractivity contribution >= 4 is 27.5 Å². The number of carbonyl (C=O) groups is 2. The van der Waals surface area contributed by atoms with Gasteiger partial charge in [0.2, 0.25) is 21.8 Å². The van der Waals surface area contributed by atoms with Crippen molar-refractivity contribution in [1.29, 1.82) is 0 Å². The van der Waals surface area contributed by atoms with Crippen LogP contribution in [0.3, 0.4) is 0 Å². The number of fused-ring (bicyclic) bond motifs is 1. The molecule has 0 unspecified atom stereocenters. The van der Waals surface area contributed by atoms with E-state index in [0.717, 1.165) is 12.8 Å². The van der Waals surface area contributed by atoms with Crippen molar-refractivity contribution in [3.63, 3.8) is 0 Å². The molecule has 8 heteroatoms. The molecule has 0 saturated heterocycles. The summed E-state index contributed by atoms with van der Waals surface area (Å²) in [5.74, 6) is -0.525. The van der Waals surface area contributed by atoms with Crippen LogP contribution >= 0.6 is 0 Å². The fourth-order valence-electron chi connectivity index (χ4n) is 2.08. The van der Waals surface area contributed by atoms with Gasteiger partial charge in [0.15, 0.2) is 0 Å². The van der Waals surface area contributed by atoms with E-state index in [4.69, 9.17) is 0 Å². The first-order chi connectivity index (χ1) is 10.4. The molecule has 22 heavy (non-hydrogen) atoms. The number of unbranched alkanes of at least 4 members (excludes halogenated alkanes) is 1. The van der Waals surface area contributed by atoms with E-state index in [1.165, 1.54) is 12.1 Å². The molecule has 0 bridgehead atoms. The smallest absolute Gasteiger partial charge is 0.241 e. The molecule has 1 aromatic rings. The minimum atomic E-state index is -3.77. The highest BCUT2D eigenvalue weighted by Crippen LogP contribution is 2.25. The Morgan fingerprint density at radius 3 is 2.86 bits per heavy atom. The van der Waals surface area contributed by atoms with Gasteiger partial charge in [-0.3, -0.25) is 9.59 Å². The second-order valence-corrected chi connectivity index (χ2v) is 6.84. The van der Waals surface area contributed by atoms with Gasteiger partial charge in [0.1, 0.15) is 0 Å². The summed E-state index contributed by atoms with van der Waals surface area (Å²) in [6.07, 6.45) is 1.97. The Balaban J connectivity index is 1.98. The van der Waals surface area contributed by atoms with Crippen LogP contribution in [0, 0.1) is 0 Å². The van der Waals surface area contributed by atoms with Gasteiger partial charge in [0.25, 0.3) is 0 Å². The molecule has 7 nitrogen and oxygen atoms in total. The molecular weight excluding hydrogens is 306 g/mol. The molecule has 0 saturated carbocycles. The fraction of sp³-hybridized carbons (Fsp3) is 0.429. The normalized spacial score (nSPS) is 13.6. The van der Waals surface area contributed by atoms with Gasteiger partial charge in [0.05, 0.1) is 17.9 Å². The molecule has 1 aromatic carbocycles. The predicted molar refractivity (Wildman–Crippen MR) is 81.9 cm³/mol. The number of sulfonamides is 1. The highest BCUT2D eigenvalue weighted by molar-refractivity contribution is 7.89. The Hall–Kier alpha value is -1.93. The maximum absolute atomic E-state index is 12.2. The summed E-state index contributed by atoms with van der Waals surface area (Å²) in [4.78, 5) is 22.9. The molecule has 1 aliphatic heterocycles. The molecule has 2 rings (SSSR count). The predicted octanol–water partition coefficient (Wildman–Crippen LogP) is 0.376. The molecule has 0 radical (unpaired) electrons. The maximum atomic E-state index is 12.2. The molecule has 0 spiro atoms. The van der Waals surface area contributed by atoms with Gasteiger partial charge in [-0.05, 0) is 30.2 Å². The number of benzene rings is 1. The first-order valence-electron chi connectivity index (χ1n) is 7.11. The summed E-state index contributed by atoms with van der Waals surface area (Å²) in [6, 6.07) is 4.41. The van der Waals surface area contributed by atoms with Crippen molar-refractivity contribution in [3.8, 4) is 0 Å². The molecule has 1 aliphatic rings. The quantitative estimate of drug-likeness (QED) is 0.630. The lowest BCUT2D eigenvalue weighted by Gasteiger charge is -2.08. The SMILES string of the molecule is CCCCNC(=O)CNS(=O)(=O)c1ccc2c(c1)CC(=O)N2. The summed E-state index contributed by atoms with van der Waals surface area (Å²) in [5.41, 5.74) is 1.27. The number of rotatable bonds is 7. The Morgan fingerprint density at radius 1 is 1.36 bits per heavy atom. The van der Waals surface area contributed by atoms with E-state index < -0.39 is 10.0 Å². The number of anilines is 1. The van der Waals surface area contributed by atoms with E-state index in [0.29, 0.717) is 17.8 Å². The number of carbonyl (C=O) groups excluding carboxylic acids is 2. The van der Waals surface area contributed by atoms with E-state index >= 15 is 0 Å². The number of hydrogen-bond donors (Lipinski definition) is 3. The Kier molecular flexibility index (Phi) is 5.15. The lowest BCUT2D eigenvalue weighted by Crippen LogP contribution is -2.37. The maximum Gasteiger partial charge on any atom is 0.241 e. The van der Waals surface area contributed by atoms with Crippen molar-refractivity contribution in [2.75, 3.05) is 18.4 Å². The van der Waals surface area contributed by atoms with Gasteiger partial charge in [-0.1, -0.05) is 13.3 Å². The van der Waals surface area contributed by atoms with Crippen LogP contribution in [-0.4, -0.2) is 33.3 Å². The van der Waals surface area contributed by atoms with Crippen molar-refractivity contribution < 1.29 is 18.0 Å². The third-order valence-corrected chi connectivity index (χ3v) is 4.69. The van der Waals surface area contributed by atoms with E-state index in [2.05, 4.69) is 15.4 Å². The number of nitrogens with one attached hydrogen (secondary N) is 3. The topological polar surface area (TPSA) is 104 Å². The molecular formula is C14H19N3O4S. The van der Waals surface area contributed by atoms with Crippen LogP contribution in [0.4, 0.5) is 5.69 Å². The van der Waals surface area contributed by atoms with Crippen molar-refractivity contribution in [1.82, 2.24) is 10.0 Å². The molecule has 0 aromatic heterocycles. The molecule has 2 amide bonds. The molecule has 0 atom stereocenters. The average Bonchev–Trinajstić information content (AvgIpc) is 2.84. The van der Waals surface area contributed by atoms with Gasteiger partial charge < -0.3 is 10.6 Å². The number of amides is 2. The molecule has 0 aliphatic carbocycles. The third-order valence-electron chi connectivity index (χ3n) is 3.29. The van der Waals surface area contributed by atoms with E-state index in [1.807, 2.05) is 6.92 Å². The van der Waals surface area contributed by atoms with Crippen molar-refractivity contribution in [2.45, 2.75) is 31.1 Å². The van der Waals surface area contributed by atoms with Gasteiger partial charge in [-0.2, -0.15) is 0 Å². The highest BCUT2D eigenvalue weighted by atomic mass is 32.2. The fourth-order valence-corrected chi connectivity index (χ4v) is 3.12. The summed E-state index contributed by atoms with van der Waals surface area (Å²) in [7, 11) is -3.77. The first-order valence-corrected chi connectivity index (χ1v) is 8.60. The second kappa shape index (κ2) is 6.89. The Bertz CT molecular complexity index is 685. The van der Waals surface area contributed by atoms with Crippen LogP contribution in [-0.2, 0) is 26.0 Å². The second-order valence-electron chi connectivity index (χ2n) is 5.07. The summed E-state index contributed by atoms with van der Waals surface area (Å²) < 4.78 is 26.6. The summed E-state index contributed by atoms with van der Waals surface area (Å²) >= 11 is 0. The van der Waals surface area contributed by atoms with Crippen LogP contribution < -0.4 is 15.4 Å². The van der Waals surface area contributed by atoms with Gasteiger partial charge in [-0.15, -0.1) is 0 Å². The monoisotopic (exact) mass is 325 g/mol. The lowest BCUT2D eigenvalue weighted by atomic mass is 10.2. The minimum Gasteiger partial charge on any atom is -0.355 e. The van der Waals surface area contributed by atoms with Gasteiger partial charge in [0, 0.05) is 12.2 Å². The van der Waals surface area contributed by atoms with Crippen molar-refractivity contribution in [2.24, 2.45) is 0 Å². The minimum absolute atomic E-state index is 0.0455. The standard InChI is InChI=1S/C14H19N3O4S/c1-2-3-6-15-14(19)9-16-22(20,21)11-4-5-12-10(7-11)8-13(18)17-12/h4-5,7,16H,2-3,6,8-9H2,1H3,(H,15,19)(H,17,18). The van der Waals surface area contributed by atoms with Crippen LogP contribution in [0.25, 0.3) is 0 Å². The highest BCUT2D eigenvalue weighted by Gasteiger charge is 2.22. The van der Waals surface area contributed by atoms with E-state index in [-0.39, 0.29) is 29.7 Å². The number of hydrogen-bond acceptors (Lipinski definition) is 4. The van der Waals surface area contributed by atoms with Crippen LogP contribution in [0.15, 0.2) is 23.1 Å². The molecule has 120 valence electrons. The zero-order valence-electron chi connectivity index (χ0n) is 12.3. The molecule has 1 heterocycles. The first kappa shape index (κ1) is 16.4. The Labute approximate surface area is 129 Å². The van der Waals surface area contributed by atoms with Crippen molar-refractivity contribution in [3.05, 3.63) is 23.8 Å². The van der Waals surface area contributed by atoms with Crippen LogP contribution in [0.1, 0.15) is 25.3 Å². The van der Waals surface area contributed by atoms with E-state index in [1.54, 1.807) is 6.07 Å². The third kappa shape index (κ3) is 4.05. The van der Waals surface area contributed by atoms with Gasteiger partial charge >= 0.3 is 0 Å². The Morgan fingerprint density at radius 2 is 2.14 bits per heavy atom. The molecule has 3 N–H and O–H groups in total. The van der Waals surface area contributed by atoms with Crippen LogP contribution in [0.2, 0.25) is 0 Å². The zero-order chi connectivity index (χ0) is 16.2. The zero-order valence-corrected chi connectivity index (χ0v) is 13.1. The molecule has 0 fully saturated rings. The summed E-state index contributed by atoms with van der Waals surface area (Å²) in [6.45, 7) is 2.23. The summed E-state index contributed by atoms with van der Waals surface area (Å²) in [5, 5.41) is 5.27. The van der Waals surface area contributed by atoms with Crippen LogP contribution in [0.5, 0.6) is 0 Å². The van der Waals surface area contributed by atoms with Gasteiger partial charge in [-0.25, -0.2) is 13.1 Å².